The second-order valence-electron chi connectivity index (χ2n) is 5.58. The van der Waals surface area contributed by atoms with Crippen molar-refractivity contribution in [3.63, 3.8) is 0 Å². The lowest BCUT2D eigenvalue weighted by atomic mass is 9.63. The summed E-state index contributed by atoms with van der Waals surface area (Å²) in [6.07, 6.45) is 11.1. The Morgan fingerprint density at radius 2 is 1.82 bits per heavy atom. The van der Waals surface area contributed by atoms with Crippen LogP contribution in [-0.2, 0) is 9.47 Å². The van der Waals surface area contributed by atoms with Gasteiger partial charge in [-0.15, -0.1) is 0 Å². The number of rotatable bonds is 0. The molecule has 3 nitrogen and oxygen atoms in total. The van der Waals surface area contributed by atoms with Gasteiger partial charge in [0.2, 0.25) is 0 Å². The van der Waals surface area contributed by atoms with E-state index in [4.69, 9.17) is 9.47 Å². The van der Waals surface area contributed by atoms with E-state index in [1.165, 1.54) is 6.42 Å². The zero-order valence-corrected chi connectivity index (χ0v) is 10.4. The molecule has 0 unspecified atom stereocenters. The maximum absolute atomic E-state index is 10.6. The van der Waals surface area contributed by atoms with Crippen LogP contribution < -0.4 is 0 Å². The number of fused-ring (bicyclic) bond motifs is 1. The molecule has 2 atom stereocenters. The van der Waals surface area contributed by atoms with Gasteiger partial charge < -0.3 is 14.6 Å². The minimum absolute atomic E-state index is 0.200. The van der Waals surface area contributed by atoms with Crippen LogP contribution in [0, 0.1) is 5.41 Å². The van der Waals surface area contributed by atoms with Crippen molar-refractivity contribution in [1.29, 1.82) is 0 Å². The molecule has 0 radical (unpaired) electrons. The van der Waals surface area contributed by atoms with Crippen LogP contribution in [0.15, 0.2) is 12.2 Å². The van der Waals surface area contributed by atoms with E-state index in [0.29, 0.717) is 13.2 Å². The normalized spacial score (nSPS) is 40.9. The lowest BCUT2D eigenvalue weighted by Gasteiger charge is -2.51. The van der Waals surface area contributed by atoms with Gasteiger partial charge in [-0.3, -0.25) is 0 Å². The van der Waals surface area contributed by atoms with Crippen LogP contribution in [0.1, 0.15) is 44.9 Å². The first-order chi connectivity index (χ1) is 8.29. The summed E-state index contributed by atoms with van der Waals surface area (Å²) in [5.74, 6) is -0.501. The van der Waals surface area contributed by atoms with Gasteiger partial charge in [0.15, 0.2) is 5.79 Å². The Kier molecular flexibility index (Phi) is 3.01. The molecule has 1 saturated heterocycles. The molecule has 1 heterocycles. The molecule has 0 aromatic heterocycles. The smallest absolute Gasteiger partial charge is 0.176 e. The highest BCUT2D eigenvalue weighted by Crippen LogP contribution is 2.55. The molecule has 2 fully saturated rings. The molecule has 1 saturated carbocycles. The predicted molar refractivity (Wildman–Crippen MR) is 64.5 cm³/mol. The highest BCUT2D eigenvalue weighted by Gasteiger charge is 2.59. The zero-order chi connectivity index (χ0) is 11.8. The third-order valence-electron chi connectivity index (χ3n) is 4.78. The highest BCUT2D eigenvalue weighted by atomic mass is 16.7. The number of hydrogen-bond donors (Lipinski definition) is 1. The monoisotopic (exact) mass is 238 g/mol. The molecule has 0 amide bonds. The number of allylic oxidation sites excluding steroid dienone is 2. The Morgan fingerprint density at radius 3 is 2.65 bits per heavy atom. The predicted octanol–water partition coefficient (Wildman–Crippen LogP) is 2.39. The van der Waals surface area contributed by atoms with Crippen LogP contribution in [-0.4, -0.2) is 30.2 Å². The second-order valence-corrected chi connectivity index (χ2v) is 5.58. The Bertz CT molecular complexity index is 307. The Hall–Kier alpha value is -0.380. The third-order valence-corrected chi connectivity index (χ3v) is 4.78. The number of ether oxygens (including phenoxy) is 2. The van der Waals surface area contributed by atoms with Crippen LogP contribution in [0.4, 0.5) is 0 Å². The van der Waals surface area contributed by atoms with Gasteiger partial charge in [0, 0.05) is 6.42 Å². The summed E-state index contributed by atoms with van der Waals surface area (Å²) >= 11 is 0. The van der Waals surface area contributed by atoms with E-state index in [1.807, 2.05) is 0 Å². The van der Waals surface area contributed by atoms with Gasteiger partial charge in [0.05, 0.1) is 24.7 Å². The second kappa shape index (κ2) is 4.38. The quantitative estimate of drug-likeness (QED) is 0.659. The summed E-state index contributed by atoms with van der Waals surface area (Å²) in [6, 6.07) is 0. The maximum atomic E-state index is 10.6. The fraction of sp³-hybridized carbons (Fsp3) is 0.857. The fourth-order valence-corrected chi connectivity index (χ4v) is 3.88. The van der Waals surface area contributed by atoms with Gasteiger partial charge >= 0.3 is 0 Å². The molecular formula is C14H22O3. The summed E-state index contributed by atoms with van der Waals surface area (Å²) in [5, 5.41) is 10.6. The average molecular weight is 238 g/mol. The SMILES string of the molecule is O[C@@H]1CCC=CC[C@@]12CCCCC21OCCO1. The molecule has 3 aliphatic rings. The standard InChI is InChI=1S/C14H22O3/c15-12-6-2-1-3-7-13(12)8-4-5-9-14(13)16-10-11-17-14/h1,3,12,15H,2,4-11H2/t12-,13-/m1/s1. The molecule has 3 heteroatoms. The van der Waals surface area contributed by atoms with Crippen molar-refractivity contribution >= 4 is 0 Å². The van der Waals surface area contributed by atoms with Crippen LogP contribution in [0.5, 0.6) is 0 Å². The van der Waals surface area contributed by atoms with E-state index in [2.05, 4.69) is 12.2 Å². The Labute approximate surface area is 103 Å². The van der Waals surface area contributed by atoms with Crippen molar-refractivity contribution in [3.8, 4) is 0 Å². The van der Waals surface area contributed by atoms with Crippen molar-refractivity contribution in [2.24, 2.45) is 5.41 Å². The van der Waals surface area contributed by atoms with Gasteiger partial charge in [0.1, 0.15) is 0 Å². The van der Waals surface area contributed by atoms with Crippen LogP contribution >= 0.6 is 0 Å². The summed E-state index contributed by atoms with van der Waals surface area (Å²) in [6.45, 7) is 1.36. The Morgan fingerprint density at radius 1 is 1.06 bits per heavy atom. The van der Waals surface area contributed by atoms with E-state index < -0.39 is 5.79 Å². The van der Waals surface area contributed by atoms with Gasteiger partial charge in [-0.1, -0.05) is 18.6 Å². The first-order valence-corrected chi connectivity index (χ1v) is 6.90. The maximum Gasteiger partial charge on any atom is 0.176 e. The minimum Gasteiger partial charge on any atom is -0.392 e. The highest BCUT2D eigenvalue weighted by molar-refractivity contribution is 5.09. The lowest BCUT2D eigenvalue weighted by Crippen LogP contribution is -2.57. The van der Waals surface area contributed by atoms with E-state index >= 15 is 0 Å². The Balaban J connectivity index is 1.97. The van der Waals surface area contributed by atoms with Crippen LogP contribution in [0.2, 0.25) is 0 Å². The molecule has 3 rings (SSSR count). The molecule has 2 spiro atoms. The first kappa shape index (κ1) is 11.7. The summed E-state index contributed by atoms with van der Waals surface area (Å²) < 4.78 is 12.0. The molecule has 0 aromatic carbocycles. The minimum atomic E-state index is -0.501. The number of aliphatic hydroxyl groups is 1. The zero-order valence-electron chi connectivity index (χ0n) is 10.4. The van der Waals surface area contributed by atoms with Crippen molar-refractivity contribution < 1.29 is 14.6 Å². The van der Waals surface area contributed by atoms with Gasteiger partial charge in [0.25, 0.3) is 0 Å². The molecule has 1 aliphatic heterocycles. The van der Waals surface area contributed by atoms with E-state index in [0.717, 1.165) is 38.5 Å². The molecule has 0 bridgehead atoms. The lowest BCUT2D eigenvalue weighted by molar-refractivity contribution is -0.281. The number of aliphatic hydroxyl groups excluding tert-OH is 1. The first-order valence-electron chi connectivity index (χ1n) is 6.90. The van der Waals surface area contributed by atoms with E-state index in [1.54, 1.807) is 0 Å². The summed E-state index contributed by atoms with van der Waals surface area (Å²) in [7, 11) is 0. The topological polar surface area (TPSA) is 38.7 Å². The molecule has 1 N–H and O–H groups in total. The van der Waals surface area contributed by atoms with Crippen LogP contribution in [0.3, 0.4) is 0 Å². The van der Waals surface area contributed by atoms with E-state index in [9.17, 15) is 5.11 Å². The molecule has 17 heavy (non-hydrogen) atoms. The van der Waals surface area contributed by atoms with Gasteiger partial charge in [-0.05, 0) is 32.1 Å². The van der Waals surface area contributed by atoms with Gasteiger partial charge in [-0.25, -0.2) is 0 Å². The fourth-order valence-electron chi connectivity index (χ4n) is 3.88. The summed E-state index contributed by atoms with van der Waals surface area (Å²) in [4.78, 5) is 0. The summed E-state index contributed by atoms with van der Waals surface area (Å²) in [5.41, 5.74) is -0.200. The number of hydrogen-bond acceptors (Lipinski definition) is 3. The molecular weight excluding hydrogens is 216 g/mol. The largest absolute Gasteiger partial charge is 0.392 e. The van der Waals surface area contributed by atoms with Crippen molar-refractivity contribution in [3.05, 3.63) is 12.2 Å². The molecule has 96 valence electrons. The average Bonchev–Trinajstić information content (AvgIpc) is 2.73. The third kappa shape index (κ3) is 1.67. The molecule has 0 aromatic rings. The van der Waals surface area contributed by atoms with Crippen molar-refractivity contribution in [2.75, 3.05) is 13.2 Å². The van der Waals surface area contributed by atoms with Crippen molar-refractivity contribution in [2.45, 2.75) is 56.8 Å². The van der Waals surface area contributed by atoms with Crippen molar-refractivity contribution in [1.82, 2.24) is 0 Å². The van der Waals surface area contributed by atoms with E-state index in [-0.39, 0.29) is 11.5 Å². The van der Waals surface area contributed by atoms with Gasteiger partial charge in [-0.2, -0.15) is 0 Å². The molecule has 2 aliphatic carbocycles. The van der Waals surface area contributed by atoms with Crippen LogP contribution in [0.25, 0.3) is 0 Å².